The van der Waals surface area contributed by atoms with Gasteiger partial charge in [0.05, 0.1) is 13.2 Å². The summed E-state index contributed by atoms with van der Waals surface area (Å²) in [5, 5.41) is 2.26. The van der Waals surface area contributed by atoms with Gasteiger partial charge in [-0.1, -0.05) is 70.4 Å². The van der Waals surface area contributed by atoms with Gasteiger partial charge in [-0.25, -0.2) is 18.4 Å². The number of carbonyl (C=O) groups excluding carboxylic acids is 2. The van der Waals surface area contributed by atoms with Crippen LogP contribution < -0.4 is 5.32 Å². The monoisotopic (exact) mass is 675 g/mol. The number of alkyl halides is 2. The third-order valence-electron chi connectivity index (χ3n) is 7.52. The van der Waals surface area contributed by atoms with Crippen molar-refractivity contribution in [1.82, 2.24) is 5.32 Å². The summed E-state index contributed by atoms with van der Waals surface area (Å²) in [7, 11) is 1.38. The van der Waals surface area contributed by atoms with E-state index in [1.54, 1.807) is 37.3 Å². The Balaban J connectivity index is 2.40. The van der Waals surface area contributed by atoms with Crippen LogP contribution in [0.25, 0.3) is 0 Å². The molecule has 1 aromatic carbocycles. The van der Waals surface area contributed by atoms with E-state index in [0.29, 0.717) is 25.2 Å². The quantitative estimate of drug-likeness (QED) is 0.0817. The largest absolute Gasteiger partial charge is 0.464 e. The molecule has 0 unspecified atom stereocenters. The lowest BCUT2D eigenvalue weighted by molar-refractivity contribution is -0.314. The molecule has 1 heterocycles. The van der Waals surface area contributed by atoms with Crippen LogP contribution in [0.2, 0.25) is 0 Å². The highest BCUT2D eigenvalue weighted by atomic mass is 19.3. The molecule has 13 heteroatoms. The molecule has 0 saturated carbocycles. The normalized spacial score (nSPS) is 22.1. The number of benzene rings is 1. The predicted molar refractivity (Wildman–Crippen MR) is 170 cm³/mol. The second-order valence-electron chi connectivity index (χ2n) is 11.4. The number of alkyl carbamates (subject to hydrolysis) is 1. The Morgan fingerprint density at radius 2 is 1.51 bits per heavy atom. The fourth-order valence-corrected chi connectivity index (χ4v) is 5.01. The summed E-state index contributed by atoms with van der Waals surface area (Å²) in [6.07, 6.45) is -3.34. The van der Waals surface area contributed by atoms with E-state index in [9.17, 15) is 9.59 Å². The van der Waals surface area contributed by atoms with Crippen molar-refractivity contribution in [2.24, 2.45) is 0 Å². The molecular formula is C34H55F2NO10. The van der Waals surface area contributed by atoms with Crippen LogP contribution in [0, 0.1) is 0 Å². The van der Waals surface area contributed by atoms with Gasteiger partial charge >= 0.3 is 12.1 Å². The Morgan fingerprint density at radius 1 is 0.872 bits per heavy atom. The molecule has 1 amide bonds. The number of nitrogens with one attached hydrogen (secondary N) is 1. The third-order valence-corrected chi connectivity index (χ3v) is 7.52. The van der Waals surface area contributed by atoms with Crippen molar-refractivity contribution in [2.75, 3.05) is 46.9 Å². The molecule has 0 spiro atoms. The maximum Gasteiger partial charge on any atom is 0.408 e. The van der Waals surface area contributed by atoms with Crippen molar-refractivity contribution < 1.29 is 56.3 Å². The molecule has 6 atom stereocenters. The zero-order chi connectivity index (χ0) is 34.5. The molecule has 0 aliphatic carbocycles. The second kappa shape index (κ2) is 23.0. The van der Waals surface area contributed by atoms with E-state index in [4.69, 9.17) is 37.9 Å². The highest BCUT2D eigenvalue weighted by molar-refractivity contribution is 5.81. The number of unbranched alkanes of at least 4 members (excludes halogenated alkanes) is 3. The van der Waals surface area contributed by atoms with E-state index in [0.717, 1.165) is 32.1 Å². The van der Waals surface area contributed by atoms with E-state index in [-0.39, 0.29) is 33.2 Å². The average molecular weight is 676 g/mol. The molecule has 1 aromatic rings. The van der Waals surface area contributed by atoms with Crippen molar-refractivity contribution >= 4 is 12.1 Å². The van der Waals surface area contributed by atoms with E-state index in [1.807, 2.05) is 20.8 Å². The Labute approximate surface area is 278 Å². The molecule has 47 heavy (non-hydrogen) atoms. The molecule has 1 N–H and O–H groups in total. The van der Waals surface area contributed by atoms with Crippen LogP contribution in [0.15, 0.2) is 30.3 Å². The lowest BCUT2D eigenvalue weighted by atomic mass is 9.88. The predicted octanol–water partition coefficient (Wildman–Crippen LogP) is 5.81. The summed E-state index contributed by atoms with van der Waals surface area (Å²) in [6.45, 7) is 8.11. The van der Waals surface area contributed by atoms with Gasteiger partial charge in [0.1, 0.15) is 43.9 Å². The number of hydrogen-bond donors (Lipinski definition) is 1. The van der Waals surface area contributed by atoms with Crippen LogP contribution in [0.5, 0.6) is 0 Å². The van der Waals surface area contributed by atoms with Gasteiger partial charge < -0.3 is 43.2 Å². The van der Waals surface area contributed by atoms with Gasteiger partial charge in [0.2, 0.25) is 0 Å². The van der Waals surface area contributed by atoms with E-state index >= 15 is 8.78 Å². The molecule has 11 nitrogen and oxygen atoms in total. The van der Waals surface area contributed by atoms with E-state index < -0.39 is 61.0 Å². The third kappa shape index (κ3) is 14.3. The zero-order valence-corrected chi connectivity index (χ0v) is 28.6. The first-order valence-corrected chi connectivity index (χ1v) is 16.8. The van der Waals surface area contributed by atoms with Crippen LogP contribution in [0.3, 0.4) is 0 Å². The molecule has 1 saturated heterocycles. The molecule has 1 fully saturated rings. The SMILES string of the molecule is CCCCOC[C@H]1O[C@H](C(F)(F)C[C@H](NC(=O)OCc2ccccc2)C(=O)OCC)[C@H](OCOC)[C@@H](OCCCC)[C@H]1OCCCC. The minimum absolute atomic E-state index is 0.0145. The van der Waals surface area contributed by atoms with Crippen LogP contribution in [-0.2, 0) is 49.3 Å². The van der Waals surface area contributed by atoms with Crippen molar-refractivity contribution in [3.8, 4) is 0 Å². The van der Waals surface area contributed by atoms with E-state index in [1.165, 1.54) is 7.11 Å². The molecule has 0 bridgehead atoms. The maximum absolute atomic E-state index is 16.6. The Bertz CT molecular complexity index is 989. The number of halogens is 2. The Morgan fingerprint density at radius 3 is 2.13 bits per heavy atom. The van der Waals surface area contributed by atoms with Crippen molar-refractivity contribution in [1.29, 1.82) is 0 Å². The first-order valence-electron chi connectivity index (χ1n) is 16.8. The number of hydrogen-bond acceptors (Lipinski definition) is 10. The van der Waals surface area contributed by atoms with Gasteiger partial charge in [0.25, 0.3) is 5.92 Å². The second-order valence-corrected chi connectivity index (χ2v) is 11.4. The van der Waals surface area contributed by atoms with Gasteiger partial charge in [-0.2, -0.15) is 0 Å². The summed E-state index contributed by atoms with van der Waals surface area (Å²) in [5.74, 6) is -4.78. The highest BCUT2D eigenvalue weighted by Crippen LogP contribution is 2.39. The standard InChI is InChI=1S/C34H55F2NO10/c1-6-10-18-41-23-27-28(43-19-11-7-2)29(44-20-12-8-3)30(46-24-40-5)31(47-27)34(35,36)21-26(32(38)42-9-4)37-33(39)45-22-25-16-14-13-15-17-25/h13-17,26-31H,6-12,18-24H2,1-5H3,(H,37,39)/t26-,27+,28-,29-,30+,31-/m0/s1. The number of carbonyl (C=O) groups is 2. The Hall–Kier alpha value is -2.42. The van der Waals surface area contributed by atoms with Gasteiger partial charge in [-0.15, -0.1) is 0 Å². The lowest BCUT2D eigenvalue weighted by Gasteiger charge is -2.48. The summed E-state index contributed by atoms with van der Waals surface area (Å²) in [4.78, 5) is 25.6. The van der Waals surface area contributed by atoms with Crippen molar-refractivity contribution in [3.63, 3.8) is 0 Å². The van der Waals surface area contributed by atoms with Gasteiger partial charge in [-0.3, -0.25) is 0 Å². The van der Waals surface area contributed by atoms with Crippen molar-refractivity contribution in [3.05, 3.63) is 35.9 Å². The smallest absolute Gasteiger partial charge is 0.408 e. The molecular weight excluding hydrogens is 620 g/mol. The lowest BCUT2D eigenvalue weighted by Crippen LogP contribution is -2.66. The van der Waals surface area contributed by atoms with Crippen LogP contribution in [0.4, 0.5) is 13.6 Å². The van der Waals surface area contributed by atoms with Crippen LogP contribution in [-0.4, -0.2) is 101 Å². The fraction of sp³-hybridized carbons (Fsp3) is 0.765. The van der Waals surface area contributed by atoms with Crippen molar-refractivity contribution in [2.45, 2.75) is 122 Å². The minimum atomic E-state index is -3.75. The zero-order valence-electron chi connectivity index (χ0n) is 28.6. The first kappa shape index (κ1) is 40.8. The summed E-state index contributed by atoms with van der Waals surface area (Å²) < 4.78 is 78.8. The molecule has 1 aliphatic rings. The Kier molecular flexibility index (Phi) is 20.0. The highest BCUT2D eigenvalue weighted by Gasteiger charge is 2.58. The first-order chi connectivity index (χ1) is 22.7. The molecule has 2 rings (SSSR count). The maximum atomic E-state index is 16.6. The molecule has 0 aromatic heterocycles. The summed E-state index contributed by atoms with van der Waals surface area (Å²) in [6, 6.07) is 7.07. The molecule has 0 radical (unpaired) electrons. The number of amides is 1. The van der Waals surface area contributed by atoms with Gasteiger partial charge in [0.15, 0.2) is 6.10 Å². The van der Waals surface area contributed by atoms with Gasteiger partial charge in [0, 0.05) is 33.4 Å². The molecule has 270 valence electrons. The summed E-state index contributed by atoms with van der Waals surface area (Å²) in [5.41, 5.74) is 0.687. The fourth-order valence-electron chi connectivity index (χ4n) is 5.01. The minimum Gasteiger partial charge on any atom is -0.464 e. The molecule has 1 aliphatic heterocycles. The average Bonchev–Trinajstić information content (AvgIpc) is 3.06. The number of esters is 1. The number of ether oxygens (including phenoxy) is 8. The topological polar surface area (TPSA) is 120 Å². The van der Waals surface area contributed by atoms with E-state index in [2.05, 4.69) is 5.32 Å². The van der Waals surface area contributed by atoms with Crippen LogP contribution in [0.1, 0.15) is 78.2 Å². The van der Waals surface area contributed by atoms with Crippen LogP contribution >= 0.6 is 0 Å². The number of rotatable bonds is 24. The number of methoxy groups -OCH3 is 1. The summed E-state index contributed by atoms with van der Waals surface area (Å²) >= 11 is 0. The van der Waals surface area contributed by atoms with Gasteiger partial charge in [-0.05, 0) is 31.7 Å².